The number of anilines is 1. The molecule has 0 atom stereocenters. The van der Waals surface area contributed by atoms with Crippen LogP contribution in [0.1, 0.15) is 64.3 Å². The predicted octanol–water partition coefficient (Wildman–Crippen LogP) is 5.65. The van der Waals surface area contributed by atoms with Gasteiger partial charge in [-0.15, -0.1) is 22.0 Å². The Labute approximate surface area is 181 Å². The maximum Gasteiger partial charge on any atom is 0.411 e. The molecule has 0 radical (unpaired) electrons. The molecule has 0 saturated heterocycles. The lowest BCUT2D eigenvalue weighted by molar-refractivity contribution is 0.130. The Balaban J connectivity index is 1.81. The number of benzene rings is 1. The van der Waals surface area contributed by atoms with Gasteiger partial charge in [0.05, 0.1) is 6.10 Å². The maximum absolute atomic E-state index is 11.9. The summed E-state index contributed by atoms with van der Waals surface area (Å²) in [5, 5.41) is 14.2. The lowest BCUT2D eigenvalue weighted by atomic mass is 9.87. The largest absolute Gasteiger partial charge is 0.447 e. The SMILES string of the molecule is CC(C)OC(=O)Nc1ccc(-c2nnc([C@H]3CC[C@H](N)CC3)s2)c(SC(C)C)c1. The fourth-order valence-corrected chi connectivity index (χ4v) is 5.48. The number of nitrogens with one attached hydrogen (secondary N) is 1. The Morgan fingerprint density at radius 2 is 1.93 bits per heavy atom. The van der Waals surface area contributed by atoms with Gasteiger partial charge in [0.2, 0.25) is 0 Å². The van der Waals surface area contributed by atoms with E-state index in [0.717, 1.165) is 46.2 Å². The summed E-state index contributed by atoms with van der Waals surface area (Å²) in [6, 6.07) is 6.22. The molecule has 0 unspecified atom stereocenters. The average Bonchev–Trinajstić information content (AvgIpc) is 3.11. The Morgan fingerprint density at radius 3 is 2.59 bits per heavy atom. The number of nitrogens with two attached hydrogens (primary N) is 1. The number of nitrogens with zero attached hydrogens (tertiary/aromatic N) is 2. The molecule has 2 aromatic rings. The van der Waals surface area contributed by atoms with Gasteiger partial charge >= 0.3 is 6.09 Å². The molecule has 8 heteroatoms. The normalized spacial score (nSPS) is 19.6. The molecular formula is C21H30N4O2S2. The van der Waals surface area contributed by atoms with Gasteiger partial charge in [-0.3, -0.25) is 5.32 Å². The zero-order valence-electron chi connectivity index (χ0n) is 17.5. The second-order valence-electron chi connectivity index (χ2n) is 8.01. The summed E-state index contributed by atoms with van der Waals surface area (Å²) < 4.78 is 5.18. The van der Waals surface area contributed by atoms with Crippen molar-refractivity contribution in [2.45, 2.75) is 81.6 Å². The Morgan fingerprint density at radius 1 is 1.21 bits per heavy atom. The van der Waals surface area contributed by atoms with Crippen LogP contribution in [-0.4, -0.2) is 33.7 Å². The van der Waals surface area contributed by atoms with Gasteiger partial charge in [0.1, 0.15) is 10.0 Å². The van der Waals surface area contributed by atoms with Crippen molar-refractivity contribution in [3.8, 4) is 10.6 Å². The van der Waals surface area contributed by atoms with Crippen LogP contribution in [0.15, 0.2) is 23.1 Å². The third kappa shape index (κ3) is 6.17. The fraction of sp³-hybridized carbons (Fsp3) is 0.571. The highest BCUT2D eigenvalue weighted by Gasteiger charge is 2.24. The Bertz CT molecular complexity index is 830. The first-order valence-electron chi connectivity index (χ1n) is 10.2. The van der Waals surface area contributed by atoms with E-state index in [1.165, 1.54) is 0 Å². The van der Waals surface area contributed by atoms with Crippen LogP contribution < -0.4 is 11.1 Å². The standard InChI is InChI=1S/C21H30N4O2S2/c1-12(2)27-21(26)23-16-9-10-17(18(11-16)28-13(3)4)20-25-24-19(29-20)14-5-7-15(22)8-6-14/h9-15H,5-8,22H2,1-4H3,(H,23,26)/t14-,15-. The Hall–Kier alpha value is -1.64. The number of ether oxygens (including phenoxy) is 1. The van der Waals surface area contributed by atoms with Crippen molar-refractivity contribution < 1.29 is 9.53 Å². The van der Waals surface area contributed by atoms with E-state index < -0.39 is 6.09 Å². The van der Waals surface area contributed by atoms with Crippen LogP contribution >= 0.6 is 23.1 Å². The van der Waals surface area contributed by atoms with E-state index in [1.54, 1.807) is 23.1 Å². The first kappa shape index (κ1) is 22.1. The van der Waals surface area contributed by atoms with E-state index in [9.17, 15) is 4.79 Å². The van der Waals surface area contributed by atoms with Gasteiger partial charge in [0.15, 0.2) is 0 Å². The summed E-state index contributed by atoms with van der Waals surface area (Å²) in [4.78, 5) is 13.0. The van der Waals surface area contributed by atoms with Crippen molar-refractivity contribution >= 4 is 34.9 Å². The van der Waals surface area contributed by atoms with Gasteiger partial charge in [0, 0.05) is 33.4 Å². The number of aromatic nitrogens is 2. The molecule has 1 aromatic carbocycles. The van der Waals surface area contributed by atoms with E-state index in [1.807, 2.05) is 32.0 Å². The minimum atomic E-state index is -0.443. The van der Waals surface area contributed by atoms with Gasteiger partial charge in [-0.2, -0.15) is 0 Å². The zero-order valence-corrected chi connectivity index (χ0v) is 19.1. The van der Waals surface area contributed by atoms with Gasteiger partial charge in [-0.25, -0.2) is 4.79 Å². The summed E-state index contributed by atoms with van der Waals surface area (Å²) in [5.74, 6) is 0.467. The monoisotopic (exact) mass is 434 g/mol. The van der Waals surface area contributed by atoms with Crippen molar-refractivity contribution in [1.82, 2.24) is 10.2 Å². The van der Waals surface area contributed by atoms with Crippen LogP contribution in [0.3, 0.4) is 0 Å². The number of hydrogen-bond donors (Lipinski definition) is 2. The number of hydrogen-bond acceptors (Lipinski definition) is 7. The van der Waals surface area contributed by atoms with Gasteiger partial charge in [-0.05, 0) is 57.7 Å². The second kappa shape index (κ2) is 9.91. The van der Waals surface area contributed by atoms with E-state index in [-0.39, 0.29) is 6.10 Å². The number of amides is 1. The summed E-state index contributed by atoms with van der Waals surface area (Å²) >= 11 is 3.43. The molecule has 1 saturated carbocycles. The van der Waals surface area contributed by atoms with Crippen molar-refractivity contribution in [2.75, 3.05) is 5.32 Å². The lowest BCUT2D eigenvalue weighted by Gasteiger charge is -2.23. The maximum atomic E-state index is 11.9. The van der Waals surface area contributed by atoms with Gasteiger partial charge in [0.25, 0.3) is 0 Å². The first-order valence-corrected chi connectivity index (χ1v) is 11.9. The topological polar surface area (TPSA) is 90.1 Å². The van der Waals surface area contributed by atoms with E-state index in [2.05, 4.69) is 29.4 Å². The molecule has 1 aliphatic rings. The molecule has 1 aliphatic carbocycles. The average molecular weight is 435 g/mol. The molecule has 29 heavy (non-hydrogen) atoms. The zero-order chi connectivity index (χ0) is 21.0. The van der Waals surface area contributed by atoms with Crippen LogP contribution in [-0.2, 0) is 4.74 Å². The highest BCUT2D eigenvalue weighted by Crippen LogP contribution is 2.40. The third-order valence-electron chi connectivity index (χ3n) is 4.73. The van der Waals surface area contributed by atoms with Crippen molar-refractivity contribution in [1.29, 1.82) is 0 Å². The summed E-state index contributed by atoms with van der Waals surface area (Å²) in [6.07, 6.45) is 3.69. The molecule has 0 aliphatic heterocycles. The van der Waals surface area contributed by atoms with Crippen LogP contribution in [0.25, 0.3) is 10.6 Å². The highest BCUT2D eigenvalue weighted by atomic mass is 32.2. The van der Waals surface area contributed by atoms with Gasteiger partial charge < -0.3 is 10.5 Å². The molecule has 1 aromatic heterocycles. The fourth-order valence-electron chi connectivity index (χ4n) is 3.36. The van der Waals surface area contributed by atoms with Crippen molar-refractivity contribution in [2.24, 2.45) is 5.73 Å². The van der Waals surface area contributed by atoms with E-state index in [4.69, 9.17) is 10.5 Å². The van der Waals surface area contributed by atoms with E-state index in [0.29, 0.717) is 22.9 Å². The minimum Gasteiger partial charge on any atom is -0.447 e. The summed E-state index contributed by atoms with van der Waals surface area (Å²) in [6.45, 7) is 7.96. The van der Waals surface area contributed by atoms with Crippen LogP contribution in [0.4, 0.5) is 10.5 Å². The highest BCUT2D eigenvalue weighted by molar-refractivity contribution is 8.00. The number of thioether (sulfide) groups is 1. The number of carbonyl (C=O) groups excluding carboxylic acids is 1. The molecule has 3 N–H and O–H groups in total. The molecule has 0 bridgehead atoms. The van der Waals surface area contributed by atoms with E-state index >= 15 is 0 Å². The molecule has 0 spiro atoms. The second-order valence-corrected chi connectivity index (χ2v) is 10.6. The molecular weight excluding hydrogens is 404 g/mol. The first-order chi connectivity index (χ1) is 13.8. The minimum absolute atomic E-state index is 0.159. The van der Waals surface area contributed by atoms with Crippen LogP contribution in [0.5, 0.6) is 0 Å². The van der Waals surface area contributed by atoms with Crippen LogP contribution in [0, 0.1) is 0 Å². The Kier molecular flexibility index (Phi) is 7.54. The summed E-state index contributed by atoms with van der Waals surface area (Å²) in [7, 11) is 0. The molecule has 1 heterocycles. The predicted molar refractivity (Wildman–Crippen MR) is 121 cm³/mol. The smallest absolute Gasteiger partial charge is 0.411 e. The third-order valence-corrected chi connectivity index (χ3v) is 6.91. The summed E-state index contributed by atoms with van der Waals surface area (Å²) in [5.41, 5.74) is 7.81. The number of rotatable bonds is 6. The lowest BCUT2D eigenvalue weighted by Crippen LogP contribution is -2.25. The van der Waals surface area contributed by atoms with Crippen LogP contribution in [0.2, 0.25) is 0 Å². The number of carbonyl (C=O) groups is 1. The molecule has 6 nitrogen and oxygen atoms in total. The molecule has 1 fully saturated rings. The quantitative estimate of drug-likeness (QED) is 0.571. The molecule has 3 rings (SSSR count). The van der Waals surface area contributed by atoms with Gasteiger partial charge in [-0.1, -0.05) is 25.2 Å². The molecule has 158 valence electrons. The van der Waals surface area contributed by atoms with Crippen molar-refractivity contribution in [3.63, 3.8) is 0 Å². The molecule has 1 amide bonds. The van der Waals surface area contributed by atoms with Crippen molar-refractivity contribution in [3.05, 3.63) is 23.2 Å².